The van der Waals surface area contributed by atoms with Gasteiger partial charge in [0.05, 0.1) is 13.7 Å². The van der Waals surface area contributed by atoms with Gasteiger partial charge in [-0.15, -0.1) is 0 Å². The number of ether oxygens (including phenoxy) is 2. The van der Waals surface area contributed by atoms with Gasteiger partial charge in [-0.3, -0.25) is 9.59 Å². The fourth-order valence-electron chi connectivity index (χ4n) is 3.66. The number of halogens is 1. The molecule has 0 atom stereocenters. The number of esters is 1. The van der Waals surface area contributed by atoms with E-state index in [0.29, 0.717) is 43.4 Å². The lowest BCUT2D eigenvalue weighted by atomic mass is 9.93. The molecule has 7 heteroatoms. The number of carbonyl (C=O) groups excluding carboxylic acids is 2. The number of hydrogen-bond donors (Lipinski definition) is 0. The van der Waals surface area contributed by atoms with Crippen LogP contribution in [-0.2, 0) is 20.8 Å². The van der Waals surface area contributed by atoms with Crippen molar-refractivity contribution in [3.63, 3.8) is 0 Å². The Morgan fingerprint density at radius 2 is 1.93 bits per heavy atom. The number of benzene rings is 1. The molecule has 0 saturated carbocycles. The fraction of sp³-hybridized carbons (Fsp3) is 0.500. The SMILES string of the molecule is COCCn1c(C(=O)N2CCC(CC(=O)OC)CC2)cc2cc(Cl)ccc21. The first-order valence-electron chi connectivity index (χ1n) is 9.17. The van der Waals surface area contributed by atoms with Crippen molar-refractivity contribution in [2.45, 2.75) is 25.8 Å². The van der Waals surface area contributed by atoms with Crippen LogP contribution in [0.2, 0.25) is 5.02 Å². The van der Waals surface area contributed by atoms with E-state index in [0.717, 1.165) is 23.7 Å². The van der Waals surface area contributed by atoms with Crippen LogP contribution in [0.1, 0.15) is 29.8 Å². The zero-order chi connectivity index (χ0) is 19.4. The van der Waals surface area contributed by atoms with E-state index in [-0.39, 0.29) is 17.8 Å². The highest BCUT2D eigenvalue weighted by Crippen LogP contribution is 2.27. The van der Waals surface area contributed by atoms with Crippen molar-refractivity contribution in [3.8, 4) is 0 Å². The average Bonchev–Trinajstić information content (AvgIpc) is 3.03. The fourth-order valence-corrected chi connectivity index (χ4v) is 3.84. The van der Waals surface area contributed by atoms with Crippen LogP contribution in [0, 0.1) is 5.92 Å². The van der Waals surface area contributed by atoms with E-state index in [9.17, 15) is 9.59 Å². The number of rotatable bonds is 6. The lowest BCUT2D eigenvalue weighted by Crippen LogP contribution is -2.39. The molecule has 0 radical (unpaired) electrons. The summed E-state index contributed by atoms with van der Waals surface area (Å²) >= 11 is 6.12. The highest BCUT2D eigenvalue weighted by Gasteiger charge is 2.27. The van der Waals surface area contributed by atoms with E-state index in [1.807, 2.05) is 33.7 Å². The average molecular weight is 393 g/mol. The predicted molar refractivity (Wildman–Crippen MR) is 104 cm³/mol. The van der Waals surface area contributed by atoms with Crippen molar-refractivity contribution >= 4 is 34.4 Å². The molecule has 1 aromatic carbocycles. The standard InChI is InChI=1S/C20H25ClN2O4/c1-26-10-9-23-17-4-3-16(21)12-15(17)13-18(23)20(25)22-7-5-14(6-8-22)11-19(24)27-2/h3-4,12-14H,5-11H2,1-2H3. The summed E-state index contributed by atoms with van der Waals surface area (Å²) in [5, 5.41) is 1.59. The van der Waals surface area contributed by atoms with Crippen LogP contribution in [0.15, 0.2) is 24.3 Å². The van der Waals surface area contributed by atoms with Gasteiger partial charge in [-0.2, -0.15) is 0 Å². The first kappa shape index (κ1) is 19.7. The van der Waals surface area contributed by atoms with E-state index >= 15 is 0 Å². The Hall–Kier alpha value is -2.05. The zero-order valence-electron chi connectivity index (χ0n) is 15.7. The van der Waals surface area contributed by atoms with Crippen LogP contribution in [0.25, 0.3) is 10.9 Å². The molecule has 146 valence electrons. The summed E-state index contributed by atoms with van der Waals surface area (Å²) in [4.78, 5) is 26.5. The third-order valence-corrected chi connectivity index (χ3v) is 5.42. The topological polar surface area (TPSA) is 60.8 Å². The second-order valence-electron chi connectivity index (χ2n) is 6.89. The molecule has 3 rings (SSSR count). The maximum absolute atomic E-state index is 13.2. The minimum Gasteiger partial charge on any atom is -0.469 e. The van der Waals surface area contributed by atoms with Crippen LogP contribution >= 0.6 is 11.6 Å². The molecule has 1 fully saturated rings. The van der Waals surface area contributed by atoms with Gasteiger partial charge in [0.15, 0.2) is 0 Å². The Morgan fingerprint density at radius 3 is 2.59 bits per heavy atom. The number of carbonyl (C=O) groups is 2. The number of methoxy groups -OCH3 is 2. The summed E-state index contributed by atoms with van der Waals surface area (Å²) in [5.74, 6) is 0.103. The lowest BCUT2D eigenvalue weighted by Gasteiger charge is -2.31. The molecule has 2 aromatic rings. The molecule has 0 unspecified atom stereocenters. The second-order valence-corrected chi connectivity index (χ2v) is 7.33. The van der Waals surface area contributed by atoms with Gasteiger partial charge in [-0.1, -0.05) is 11.6 Å². The van der Waals surface area contributed by atoms with Gasteiger partial charge in [0.2, 0.25) is 0 Å². The minimum absolute atomic E-state index is 0.00921. The molecule has 2 heterocycles. The molecule has 1 aromatic heterocycles. The summed E-state index contributed by atoms with van der Waals surface area (Å²) in [7, 11) is 3.06. The Kier molecular flexibility index (Phi) is 6.39. The number of likely N-dealkylation sites (tertiary alicyclic amines) is 1. The van der Waals surface area contributed by atoms with Crippen LogP contribution < -0.4 is 0 Å². The number of aromatic nitrogens is 1. The van der Waals surface area contributed by atoms with E-state index in [4.69, 9.17) is 21.1 Å². The molecule has 1 amide bonds. The second kappa shape index (κ2) is 8.76. The van der Waals surface area contributed by atoms with Crippen LogP contribution in [0.3, 0.4) is 0 Å². The Bertz CT molecular complexity index is 825. The molecule has 0 aliphatic carbocycles. The molecule has 0 bridgehead atoms. The van der Waals surface area contributed by atoms with E-state index in [2.05, 4.69) is 0 Å². The zero-order valence-corrected chi connectivity index (χ0v) is 16.5. The summed E-state index contributed by atoms with van der Waals surface area (Å²) in [5.41, 5.74) is 1.62. The van der Waals surface area contributed by atoms with Gasteiger partial charge in [-0.25, -0.2) is 0 Å². The van der Waals surface area contributed by atoms with Gasteiger partial charge in [-0.05, 0) is 43.0 Å². The summed E-state index contributed by atoms with van der Waals surface area (Å²) in [6.45, 7) is 2.41. The summed E-state index contributed by atoms with van der Waals surface area (Å²) < 4.78 is 12.0. The monoisotopic (exact) mass is 392 g/mol. The number of nitrogens with zero attached hydrogens (tertiary/aromatic N) is 2. The van der Waals surface area contributed by atoms with Gasteiger partial charge in [0.1, 0.15) is 5.69 Å². The number of amides is 1. The quantitative estimate of drug-likeness (QED) is 0.707. The van der Waals surface area contributed by atoms with Crippen molar-refractivity contribution < 1.29 is 19.1 Å². The Morgan fingerprint density at radius 1 is 1.19 bits per heavy atom. The van der Waals surface area contributed by atoms with Crippen molar-refractivity contribution in [2.24, 2.45) is 5.92 Å². The molecule has 27 heavy (non-hydrogen) atoms. The molecule has 1 aliphatic heterocycles. The number of piperidine rings is 1. The third kappa shape index (κ3) is 4.45. The van der Waals surface area contributed by atoms with Gasteiger partial charge in [0, 0.05) is 49.1 Å². The highest BCUT2D eigenvalue weighted by molar-refractivity contribution is 6.31. The van der Waals surface area contributed by atoms with Gasteiger partial charge < -0.3 is 18.9 Å². The van der Waals surface area contributed by atoms with Crippen molar-refractivity contribution in [1.29, 1.82) is 0 Å². The highest BCUT2D eigenvalue weighted by atomic mass is 35.5. The summed E-state index contributed by atoms with van der Waals surface area (Å²) in [6.07, 6.45) is 2.04. The molecule has 0 spiro atoms. The van der Waals surface area contributed by atoms with Crippen LogP contribution in [0.5, 0.6) is 0 Å². The Labute approximate surface area is 164 Å². The minimum atomic E-state index is -0.184. The first-order chi connectivity index (χ1) is 13.0. The summed E-state index contributed by atoms with van der Waals surface area (Å²) in [6, 6.07) is 7.55. The third-order valence-electron chi connectivity index (χ3n) is 5.19. The van der Waals surface area contributed by atoms with Crippen molar-refractivity contribution in [1.82, 2.24) is 9.47 Å². The van der Waals surface area contributed by atoms with Crippen molar-refractivity contribution in [2.75, 3.05) is 33.9 Å². The maximum Gasteiger partial charge on any atom is 0.305 e. The molecule has 1 aliphatic rings. The molecule has 0 N–H and O–H groups in total. The normalized spacial score (nSPS) is 15.3. The predicted octanol–water partition coefficient (Wildman–Crippen LogP) is 3.36. The van der Waals surface area contributed by atoms with Crippen molar-refractivity contribution in [3.05, 3.63) is 35.0 Å². The molecule has 6 nitrogen and oxygen atoms in total. The smallest absolute Gasteiger partial charge is 0.305 e. The van der Waals surface area contributed by atoms with Gasteiger partial charge >= 0.3 is 5.97 Å². The van der Waals surface area contributed by atoms with Crippen LogP contribution in [0.4, 0.5) is 0 Å². The van der Waals surface area contributed by atoms with Gasteiger partial charge in [0.25, 0.3) is 5.91 Å². The first-order valence-corrected chi connectivity index (χ1v) is 9.55. The molecule has 1 saturated heterocycles. The molecular weight excluding hydrogens is 368 g/mol. The van der Waals surface area contributed by atoms with E-state index < -0.39 is 0 Å². The van der Waals surface area contributed by atoms with E-state index in [1.54, 1.807) is 7.11 Å². The lowest BCUT2D eigenvalue weighted by molar-refractivity contribution is -0.142. The number of hydrogen-bond acceptors (Lipinski definition) is 4. The van der Waals surface area contributed by atoms with E-state index in [1.165, 1.54) is 7.11 Å². The molecular formula is C20H25ClN2O4. The van der Waals surface area contributed by atoms with Crippen LogP contribution in [-0.4, -0.2) is 55.3 Å². The Balaban J connectivity index is 1.78. The largest absolute Gasteiger partial charge is 0.469 e. The maximum atomic E-state index is 13.2. The number of fused-ring (bicyclic) bond motifs is 1.